The van der Waals surface area contributed by atoms with E-state index in [0.717, 1.165) is 47.8 Å². The summed E-state index contributed by atoms with van der Waals surface area (Å²) in [6, 6.07) is 17.1. The van der Waals surface area contributed by atoms with E-state index in [2.05, 4.69) is 43.4 Å². The molecule has 36 heavy (non-hydrogen) atoms. The summed E-state index contributed by atoms with van der Waals surface area (Å²) < 4.78 is 40.7. The lowest BCUT2D eigenvalue weighted by Gasteiger charge is -2.28. The minimum absolute atomic E-state index is 0.0639. The monoisotopic (exact) mass is 563 g/mol. The Balaban J connectivity index is 1.49. The van der Waals surface area contributed by atoms with E-state index in [1.54, 1.807) is 4.90 Å². The summed E-state index contributed by atoms with van der Waals surface area (Å²) in [7, 11) is 0. The summed E-state index contributed by atoms with van der Waals surface area (Å²) in [5.41, 5.74) is 2.23. The molecule has 1 amide bonds. The molecule has 0 atom stereocenters. The number of aromatic nitrogens is 2. The third kappa shape index (κ3) is 7.33. The average Bonchev–Trinajstić information content (AvgIpc) is 3.32. The molecule has 2 aromatic carbocycles. The van der Waals surface area contributed by atoms with E-state index in [1.165, 1.54) is 16.4 Å². The minimum Gasteiger partial charge on any atom is -0.385 e. The Morgan fingerprint density at radius 1 is 1.06 bits per heavy atom. The third-order valence-electron chi connectivity index (χ3n) is 6.17. The summed E-state index contributed by atoms with van der Waals surface area (Å²) in [4.78, 5) is 17.4. The van der Waals surface area contributed by atoms with Crippen molar-refractivity contribution in [2.75, 3.05) is 31.5 Å². The number of amides is 1. The van der Waals surface area contributed by atoms with Crippen LogP contribution in [-0.4, -0.2) is 51.7 Å². The zero-order valence-corrected chi connectivity index (χ0v) is 21.4. The number of fused-ring (bicyclic) bond motifs is 1. The smallest absolute Gasteiger partial charge is 0.385 e. The Morgan fingerprint density at radius 3 is 2.61 bits per heavy atom. The van der Waals surface area contributed by atoms with Gasteiger partial charge in [-0.2, -0.15) is 18.3 Å². The van der Waals surface area contributed by atoms with Gasteiger partial charge in [0.2, 0.25) is 5.91 Å². The van der Waals surface area contributed by atoms with E-state index < -0.39 is 11.9 Å². The summed E-state index contributed by atoms with van der Waals surface area (Å²) >= 11 is 3.53. The number of benzene rings is 2. The molecule has 0 saturated heterocycles. The second kappa shape index (κ2) is 11.9. The molecule has 0 radical (unpaired) electrons. The molecule has 0 saturated carbocycles. The number of rotatable bonds is 5. The zero-order valence-electron chi connectivity index (χ0n) is 19.8. The number of halogens is 4. The molecule has 4 rings (SSSR count). The third-order valence-corrected chi connectivity index (χ3v) is 6.66. The highest BCUT2D eigenvalue weighted by atomic mass is 79.9. The lowest BCUT2D eigenvalue weighted by molar-refractivity contribution is -0.141. The highest BCUT2D eigenvalue weighted by Gasteiger charge is 2.33. The maximum absolute atomic E-state index is 13.3. The van der Waals surface area contributed by atoms with Crippen molar-refractivity contribution in [3.05, 3.63) is 82.1 Å². The molecule has 3 aromatic rings. The van der Waals surface area contributed by atoms with Crippen molar-refractivity contribution in [2.24, 2.45) is 0 Å². The van der Waals surface area contributed by atoms with Gasteiger partial charge in [-0.05, 0) is 41.8 Å². The maximum atomic E-state index is 13.3. The van der Waals surface area contributed by atoms with Crippen LogP contribution in [0.25, 0.3) is 0 Å². The molecule has 6 nitrogen and oxygen atoms in total. The van der Waals surface area contributed by atoms with Gasteiger partial charge in [-0.1, -0.05) is 46.3 Å². The van der Waals surface area contributed by atoms with Gasteiger partial charge >= 0.3 is 6.18 Å². The fourth-order valence-corrected chi connectivity index (χ4v) is 4.68. The molecule has 1 aliphatic rings. The average molecular weight is 564 g/mol. The SMILES string of the molecule is O=C(CCn1ccc(C(F)(F)F)n1)N1CCN(Cc2ccccc2)CCCNc2ccc(Br)cc2C1. The van der Waals surface area contributed by atoms with Crippen LogP contribution in [0.4, 0.5) is 18.9 Å². The van der Waals surface area contributed by atoms with Crippen LogP contribution in [0.15, 0.2) is 65.3 Å². The number of nitrogens with zero attached hydrogens (tertiary/aromatic N) is 4. The number of hydrogen-bond donors (Lipinski definition) is 1. The Labute approximate surface area is 217 Å². The van der Waals surface area contributed by atoms with Crippen LogP contribution in [0.1, 0.15) is 29.7 Å². The molecule has 0 aliphatic carbocycles. The van der Waals surface area contributed by atoms with Crippen LogP contribution in [0, 0.1) is 0 Å². The van der Waals surface area contributed by atoms with E-state index in [4.69, 9.17) is 0 Å². The predicted octanol–water partition coefficient (Wildman–Crippen LogP) is 5.40. The number of nitrogens with one attached hydrogen (secondary N) is 1. The molecule has 192 valence electrons. The highest BCUT2D eigenvalue weighted by Crippen LogP contribution is 2.27. The van der Waals surface area contributed by atoms with Crippen LogP contribution in [0.2, 0.25) is 0 Å². The second-order valence-electron chi connectivity index (χ2n) is 8.87. The van der Waals surface area contributed by atoms with Gasteiger partial charge in [0.1, 0.15) is 0 Å². The summed E-state index contributed by atoms with van der Waals surface area (Å²) in [5.74, 6) is -0.121. The van der Waals surface area contributed by atoms with Gasteiger partial charge in [0.05, 0.1) is 0 Å². The van der Waals surface area contributed by atoms with Crippen molar-refractivity contribution in [1.82, 2.24) is 19.6 Å². The Bertz CT molecular complexity index is 1150. The summed E-state index contributed by atoms with van der Waals surface area (Å²) in [5, 5.41) is 7.08. The summed E-state index contributed by atoms with van der Waals surface area (Å²) in [6.07, 6.45) is -2.22. The van der Waals surface area contributed by atoms with E-state index in [0.29, 0.717) is 19.6 Å². The molecule has 1 N–H and O–H groups in total. The van der Waals surface area contributed by atoms with Crippen LogP contribution < -0.4 is 5.32 Å². The minimum atomic E-state index is -4.50. The molecule has 1 aromatic heterocycles. The van der Waals surface area contributed by atoms with Gasteiger partial charge in [0.15, 0.2) is 5.69 Å². The van der Waals surface area contributed by atoms with Gasteiger partial charge in [-0.25, -0.2) is 0 Å². The number of hydrogen-bond acceptors (Lipinski definition) is 4. The van der Waals surface area contributed by atoms with Gasteiger partial charge in [0, 0.05) is 68.6 Å². The number of alkyl halides is 3. The second-order valence-corrected chi connectivity index (χ2v) is 9.79. The first kappa shape index (κ1) is 26.2. The summed E-state index contributed by atoms with van der Waals surface area (Å²) in [6.45, 7) is 4.19. The van der Waals surface area contributed by atoms with E-state index in [9.17, 15) is 18.0 Å². The van der Waals surface area contributed by atoms with E-state index >= 15 is 0 Å². The van der Waals surface area contributed by atoms with E-state index in [1.807, 2.05) is 36.4 Å². The van der Waals surface area contributed by atoms with Gasteiger partial charge < -0.3 is 10.2 Å². The van der Waals surface area contributed by atoms with Crippen molar-refractivity contribution in [1.29, 1.82) is 0 Å². The van der Waals surface area contributed by atoms with Crippen molar-refractivity contribution in [2.45, 2.75) is 38.7 Å². The number of carbonyl (C=O) groups excluding carboxylic acids is 1. The van der Waals surface area contributed by atoms with Gasteiger partial charge in [-0.15, -0.1) is 0 Å². The largest absolute Gasteiger partial charge is 0.435 e. The molecular formula is C26H29BrF3N5O. The van der Waals surface area contributed by atoms with Crippen molar-refractivity contribution >= 4 is 27.5 Å². The van der Waals surface area contributed by atoms with Crippen molar-refractivity contribution < 1.29 is 18.0 Å². The zero-order chi connectivity index (χ0) is 25.5. The molecule has 2 heterocycles. The molecular weight excluding hydrogens is 535 g/mol. The normalized spacial score (nSPS) is 15.6. The first-order chi connectivity index (χ1) is 17.3. The molecule has 10 heteroatoms. The van der Waals surface area contributed by atoms with Crippen molar-refractivity contribution in [3.63, 3.8) is 0 Å². The van der Waals surface area contributed by atoms with Crippen LogP contribution >= 0.6 is 15.9 Å². The Morgan fingerprint density at radius 2 is 1.86 bits per heavy atom. The first-order valence-electron chi connectivity index (χ1n) is 11.9. The first-order valence-corrected chi connectivity index (χ1v) is 12.7. The van der Waals surface area contributed by atoms with E-state index in [-0.39, 0.29) is 18.9 Å². The lowest BCUT2D eigenvalue weighted by Crippen LogP contribution is -2.38. The van der Waals surface area contributed by atoms with Crippen LogP contribution in [0.5, 0.6) is 0 Å². The van der Waals surface area contributed by atoms with Crippen LogP contribution in [-0.2, 0) is 30.6 Å². The molecule has 0 fully saturated rings. The maximum Gasteiger partial charge on any atom is 0.435 e. The van der Waals surface area contributed by atoms with Crippen molar-refractivity contribution in [3.8, 4) is 0 Å². The van der Waals surface area contributed by atoms with Gasteiger partial charge in [0.25, 0.3) is 0 Å². The molecule has 0 unspecified atom stereocenters. The highest BCUT2D eigenvalue weighted by molar-refractivity contribution is 9.10. The fourth-order valence-electron chi connectivity index (χ4n) is 4.27. The number of carbonyl (C=O) groups is 1. The fraction of sp³-hybridized carbons (Fsp3) is 0.385. The number of aryl methyl sites for hydroxylation is 1. The standard InChI is InChI=1S/C26H29BrF3N5O/c27-22-7-8-23-21(17-22)19-34(25(36)10-14-35-13-9-24(32-35)26(28,29)30)16-15-33(12-4-11-31-23)18-20-5-2-1-3-6-20/h1-3,5-9,13,17,31H,4,10-12,14-16,18-19H2. The molecule has 1 aliphatic heterocycles. The lowest BCUT2D eigenvalue weighted by atomic mass is 10.1. The Kier molecular flexibility index (Phi) is 8.68. The quantitative estimate of drug-likeness (QED) is 0.451. The van der Waals surface area contributed by atoms with Crippen LogP contribution in [0.3, 0.4) is 0 Å². The Hall–Kier alpha value is -2.85. The molecule has 0 spiro atoms. The number of anilines is 1. The predicted molar refractivity (Wildman–Crippen MR) is 136 cm³/mol. The topological polar surface area (TPSA) is 53.4 Å². The van der Waals surface area contributed by atoms with Gasteiger partial charge in [-0.3, -0.25) is 14.4 Å². The molecule has 0 bridgehead atoms.